The largest absolute Gasteiger partial charge is 0.316 e. The molecule has 0 saturated heterocycles. The van der Waals surface area contributed by atoms with Gasteiger partial charge in [-0.2, -0.15) is 0 Å². The van der Waals surface area contributed by atoms with Crippen LogP contribution in [0.2, 0.25) is 0 Å². The van der Waals surface area contributed by atoms with Gasteiger partial charge in [0, 0.05) is 22.8 Å². The standard InChI is InChI=1S/C19H17FN2O3S/c1-12-11-22(15-4-2-3-14(20)10-15)18-8-5-13(9-17(12)18)19(23)21-26(24,25)16-6-7-16/h2-5,8-11,16H,6-7H2,1H3,(H,21,23). The van der Waals surface area contributed by atoms with Crippen molar-refractivity contribution in [1.29, 1.82) is 0 Å². The number of carbonyl (C=O) groups excluding carboxylic acids is 1. The highest BCUT2D eigenvalue weighted by atomic mass is 32.2. The molecule has 0 unspecified atom stereocenters. The molecule has 1 amide bonds. The maximum absolute atomic E-state index is 13.5. The topological polar surface area (TPSA) is 68.2 Å². The molecule has 0 aliphatic heterocycles. The first kappa shape index (κ1) is 16.8. The van der Waals surface area contributed by atoms with Crippen molar-refractivity contribution < 1.29 is 17.6 Å². The SMILES string of the molecule is Cc1cn(-c2cccc(F)c2)c2ccc(C(=O)NS(=O)(=O)C3CC3)cc12. The van der Waals surface area contributed by atoms with Crippen LogP contribution in [-0.2, 0) is 10.0 Å². The number of nitrogens with one attached hydrogen (secondary N) is 1. The maximum Gasteiger partial charge on any atom is 0.264 e. The van der Waals surface area contributed by atoms with Gasteiger partial charge in [-0.15, -0.1) is 0 Å². The number of sulfonamides is 1. The van der Waals surface area contributed by atoms with E-state index in [2.05, 4.69) is 4.72 Å². The smallest absolute Gasteiger partial charge is 0.264 e. The van der Waals surface area contributed by atoms with Crippen LogP contribution in [0.15, 0.2) is 48.7 Å². The lowest BCUT2D eigenvalue weighted by atomic mass is 10.1. The van der Waals surface area contributed by atoms with Gasteiger partial charge in [-0.05, 0) is 61.7 Å². The molecule has 0 radical (unpaired) electrons. The molecule has 134 valence electrons. The Kier molecular flexibility index (Phi) is 3.84. The van der Waals surface area contributed by atoms with Crippen LogP contribution in [0.1, 0.15) is 28.8 Å². The Bertz CT molecular complexity index is 1130. The van der Waals surface area contributed by atoms with E-state index >= 15 is 0 Å². The highest BCUT2D eigenvalue weighted by molar-refractivity contribution is 7.91. The maximum atomic E-state index is 13.5. The molecule has 1 heterocycles. The number of aromatic nitrogens is 1. The summed E-state index contributed by atoms with van der Waals surface area (Å²) in [5, 5.41) is 0.358. The Balaban J connectivity index is 1.72. The summed E-state index contributed by atoms with van der Waals surface area (Å²) in [7, 11) is -3.59. The van der Waals surface area contributed by atoms with Crippen LogP contribution in [-0.4, -0.2) is 24.1 Å². The fourth-order valence-corrected chi connectivity index (χ4v) is 4.32. The van der Waals surface area contributed by atoms with Crippen molar-refractivity contribution in [2.75, 3.05) is 0 Å². The fraction of sp³-hybridized carbons (Fsp3) is 0.211. The van der Waals surface area contributed by atoms with Gasteiger partial charge in [-0.1, -0.05) is 6.07 Å². The van der Waals surface area contributed by atoms with E-state index < -0.39 is 21.2 Å². The van der Waals surface area contributed by atoms with Crippen molar-refractivity contribution in [3.8, 4) is 5.69 Å². The zero-order valence-electron chi connectivity index (χ0n) is 14.1. The minimum atomic E-state index is -3.59. The minimum Gasteiger partial charge on any atom is -0.316 e. The lowest BCUT2D eigenvalue weighted by molar-refractivity contribution is 0.0981. The molecule has 1 aliphatic rings. The van der Waals surface area contributed by atoms with Gasteiger partial charge in [-0.25, -0.2) is 17.5 Å². The molecule has 26 heavy (non-hydrogen) atoms. The Labute approximate surface area is 150 Å². The van der Waals surface area contributed by atoms with Gasteiger partial charge >= 0.3 is 0 Å². The average molecular weight is 372 g/mol. The van der Waals surface area contributed by atoms with Crippen molar-refractivity contribution in [3.63, 3.8) is 0 Å². The molecule has 1 aromatic heterocycles. The molecule has 1 saturated carbocycles. The zero-order chi connectivity index (χ0) is 18.5. The van der Waals surface area contributed by atoms with Crippen LogP contribution in [0.5, 0.6) is 0 Å². The Morgan fingerprint density at radius 3 is 2.65 bits per heavy atom. The summed E-state index contributed by atoms with van der Waals surface area (Å²) in [5.74, 6) is -0.958. The quantitative estimate of drug-likeness (QED) is 0.764. The van der Waals surface area contributed by atoms with E-state index in [1.807, 2.05) is 17.7 Å². The van der Waals surface area contributed by atoms with Crippen LogP contribution in [0, 0.1) is 12.7 Å². The molecule has 1 aliphatic carbocycles. The predicted octanol–water partition coefficient (Wildman–Crippen LogP) is 3.30. The van der Waals surface area contributed by atoms with E-state index in [0.29, 0.717) is 18.5 Å². The van der Waals surface area contributed by atoms with Gasteiger partial charge < -0.3 is 4.57 Å². The lowest BCUT2D eigenvalue weighted by Gasteiger charge is -2.08. The molecular weight excluding hydrogens is 355 g/mol. The van der Waals surface area contributed by atoms with Gasteiger partial charge in [0.15, 0.2) is 0 Å². The third kappa shape index (κ3) is 2.99. The van der Waals surface area contributed by atoms with E-state index in [1.54, 1.807) is 30.3 Å². The number of halogens is 1. The van der Waals surface area contributed by atoms with E-state index in [9.17, 15) is 17.6 Å². The van der Waals surface area contributed by atoms with E-state index in [1.165, 1.54) is 12.1 Å². The second-order valence-electron chi connectivity index (χ2n) is 6.57. The van der Waals surface area contributed by atoms with Crippen molar-refractivity contribution in [2.45, 2.75) is 25.0 Å². The van der Waals surface area contributed by atoms with Crippen LogP contribution in [0.25, 0.3) is 16.6 Å². The fourth-order valence-electron chi connectivity index (χ4n) is 3.03. The minimum absolute atomic E-state index is 0.279. The average Bonchev–Trinajstić information content (AvgIpc) is 3.40. The number of amides is 1. The summed E-state index contributed by atoms with van der Waals surface area (Å²) < 4.78 is 41.4. The number of carbonyl (C=O) groups is 1. The number of aryl methyl sites for hydroxylation is 1. The van der Waals surface area contributed by atoms with Gasteiger partial charge in [0.05, 0.1) is 10.8 Å². The Morgan fingerprint density at radius 1 is 1.19 bits per heavy atom. The van der Waals surface area contributed by atoms with E-state index in [0.717, 1.165) is 16.5 Å². The second kappa shape index (κ2) is 5.95. The highest BCUT2D eigenvalue weighted by Crippen LogP contribution is 2.28. The van der Waals surface area contributed by atoms with Crippen LogP contribution < -0.4 is 4.72 Å². The Hall–Kier alpha value is -2.67. The highest BCUT2D eigenvalue weighted by Gasteiger charge is 2.37. The third-order valence-electron chi connectivity index (χ3n) is 4.55. The summed E-state index contributed by atoms with van der Waals surface area (Å²) in [6.07, 6.45) is 3.05. The molecule has 0 bridgehead atoms. The summed E-state index contributed by atoms with van der Waals surface area (Å²) >= 11 is 0. The van der Waals surface area contributed by atoms with Crippen LogP contribution in [0.4, 0.5) is 4.39 Å². The summed E-state index contributed by atoms with van der Waals surface area (Å²) in [6.45, 7) is 1.89. The first-order valence-corrected chi connectivity index (χ1v) is 9.83. The normalized spacial score (nSPS) is 14.5. The van der Waals surface area contributed by atoms with Gasteiger partial charge in [0.1, 0.15) is 5.82 Å². The molecule has 2 aromatic carbocycles. The van der Waals surface area contributed by atoms with Crippen molar-refractivity contribution in [3.05, 3.63) is 65.6 Å². The Morgan fingerprint density at radius 2 is 1.96 bits per heavy atom. The summed E-state index contributed by atoms with van der Waals surface area (Å²) in [4.78, 5) is 12.3. The second-order valence-corrected chi connectivity index (χ2v) is 8.53. The first-order chi connectivity index (χ1) is 12.3. The molecule has 0 atom stereocenters. The predicted molar refractivity (Wildman–Crippen MR) is 97.4 cm³/mol. The lowest BCUT2D eigenvalue weighted by Crippen LogP contribution is -2.33. The molecule has 3 aromatic rings. The summed E-state index contributed by atoms with van der Waals surface area (Å²) in [6, 6.07) is 11.2. The molecule has 1 fully saturated rings. The number of fused-ring (bicyclic) bond motifs is 1. The van der Waals surface area contributed by atoms with Crippen molar-refractivity contribution >= 4 is 26.8 Å². The molecule has 5 nitrogen and oxygen atoms in total. The molecule has 4 rings (SSSR count). The molecule has 7 heteroatoms. The van der Waals surface area contributed by atoms with Crippen LogP contribution in [0.3, 0.4) is 0 Å². The van der Waals surface area contributed by atoms with Gasteiger partial charge in [0.25, 0.3) is 5.91 Å². The van der Waals surface area contributed by atoms with E-state index in [4.69, 9.17) is 0 Å². The number of benzene rings is 2. The van der Waals surface area contributed by atoms with Gasteiger partial charge in [-0.3, -0.25) is 4.79 Å². The van der Waals surface area contributed by atoms with Crippen LogP contribution >= 0.6 is 0 Å². The molecule has 0 spiro atoms. The van der Waals surface area contributed by atoms with Crippen molar-refractivity contribution in [2.24, 2.45) is 0 Å². The number of hydrogen-bond acceptors (Lipinski definition) is 3. The molecule has 1 N–H and O–H groups in total. The third-order valence-corrected chi connectivity index (χ3v) is 6.37. The molecular formula is C19H17FN2O3S. The summed E-state index contributed by atoms with van der Waals surface area (Å²) in [5.41, 5.74) is 2.68. The number of nitrogens with zero attached hydrogens (tertiary/aromatic N) is 1. The number of rotatable bonds is 4. The number of hydrogen-bond donors (Lipinski definition) is 1. The monoisotopic (exact) mass is 372 g/mol. The first-order valence-electron chi connectivity index (χ1n) is 8.29. The van der Waals surface area contributed by atoms with E-state index in [-0.39, 0.29) is 11.4 Å². The van der Waals surface area contributed by atoms with Gasteiger partial charge in [0.2, 0.25) is 10.0 Å². The van der Waals surface area contributed by atoms with Crippen molar-refractivity contribution in [1.82, 2.24) is 9.29 Å². The zero-order valence-corrected chi connectivity index (χ0v) is 14.9.